The molecule has 0 aliphatic rings. The predicted molar refractivity (Wildman–Crippen MR) is 129 cm³/mol. The van der Waals surface area contributed by atoms with Crippen LogP contribution in [0.2, 0.25) is 0 Å². The van der Waals surface area contributed by atoms with Gasteiger partial charge in [0.15, 0.2) is 0 Å². The molecule has 0 saturated carbocycles. The Labute approximate surface area is 196 Å². The Hall–Kier alpha value is -3.06. The SMILES string of the molecule is COc1ccc(CN(C)CC(O)COC(c2ccc(OC)cc2)c2ccc(OC)cc2)cc1. The molecule has 0 fully saturated rings. The molecule has 0 aromatic heterocycles. The summed E-state index contributed by atoms with van der Waals surface area (Å²) >= 11 is 0. The highest BCUT2D eigenvalue weighted by atomic mass is 16.5. The lowest BCUT2D eigenvalue weighted by Crippen LogP contribution is -2.32. The van der Waals surface area contributed by atoms with Crippen LogP contribution in [0, 0.1) is 0 Å². The van der Waals surface area contributed by atoms with Crippen LogP contribution in [-0.2, 0) is 11.3 Å². The first-order valence-corrected chi connectivity index (χ1v) is 10.9. The van der Waals surface area contributed by atoms with Crippen molar-refractivity contribution in [2.45, 2.75) is 18.8 Å². The maximum atomic E-state index is 10.7. The number of ether oxygens (including phenoxy) is 4. The first kappa shape index (κ1) is 24.6. The molecule has 0 saturated heterocycles. The summed E-state index contributed by atoms with van der Waals surface area (Å²) in [5, 5.41) is 10.7. The summed E-state index contributed by atoms with van der Waals surface area (Å²) in [7, 11) is 6.93. The van der Waals surface area contributed by atoms with E-state index in [1.54, 1.807) is 21.3 Å². The second-order valence-corrected chi connectivity index (χ2v) is 7.96. The number of benzene rings is 3. The number of rotatable bonds is 12. The zero-order chi connectivity index (χ0) is 23.6. The van der Waals surface area contributed by atoms with Crippen LogP contribution in [0.3, 0.4) is 0 Å². The molecule has 1 atom stereocenters. The van der Waals surface area contributed by atoms with E-state index in [0.717, 1.165) is 40.5 Å². The highest BCUT2D eigenvalue weighted by Crippen LogP contribution is 2.29. The molecule has 6 heteroatoms. The number of aliphatic hydroxyl groups is 1. The molecule has 0 spiro atoms. The van der Waals surface area contributed by atoms with Gasteiger partial charge in [0.05, 0.1) is 34.0 Å². The van der Waals surface area contributed by atoms with Gasteiger partial charge in [-0.15, -0.1) is 0 Å². The number of hydrogen-bond donors (Lipinski definition) is 1. The van der Waals surface area contributed by atoms with Gasteiger partial charge in [0, 0.05) is 13.1 Å². The van der Waals surface area contributed by atoms with Crippen LogP contribution in [0.15, 0.2) is 72.8 Å². The van der Waals surface area contributed by atoms with Crippen LogP contribution in [0.25, 0.3) is 0 Å². The molecule has 0 amide bonds. The Kier molecular flexibility index (Phi) is 9.13. The van der Waals surface area contributed by atoms with E-state index in [0.29, 0.717) is 6.54 Å². The summed E-state index contributed by atoms with van der Waals surface area (Å²) in [6, 6.07) is 23.5. The Morgan fingerprint density at radius 1 is 0.697 bits per heavy atom. The number of likely N-dealkylation sites (N-methyl/N-ethyl adjacent to an activating group) is 1. The van der Waals surface area contributed by atoms with Crippen molar-refractivity contribution in [3.63, 3.8) is 0 Å². The molecule has 0 bridgehead atoms. The molecule has 0 radical (unpaired) electrons. The molecule has 6 nitrogen and oxygen atoms in total. The average molecular weight is 452 g/mol. The highest BCUT2D eigenvalue weighted by Gasteiger charge is 2.18. The number of methoxy groups -OCH3 is 3. The Morgan fingerprint density at radius 2 is 1.12 bits per heavy atom. The van der Waals surface area contributed by atoms with Gasteiger partial charge in [-0.3, -0.25) is 4.90 Å². The predicted octanol–water partition coefficient (Wildman–Crippen LogP) is 4.31. The molecular weight excluding hydrogens is 418 g/mol. The fourth-order valence-electron chi connectivity index (χ4n) is 3.67. The maximum Gasteiger partial charge on any atom is 0.118 e. The van der Waals surface area contributed by atoms with Gasteiger partial charge < -0.3 is 24.1 Å². The number of aliphatic hydroxyl groups excluding tert-OH is 1. The van der Waals surface area contributed by atoms with Gasteiger partial charge in [-0.25, -0.2) is 0 Å². The Morgan fingerprint density at radius 3 is 1.55 bits per heavy atom. The van der Waals surface area contributed by atoms with Crippen molar-refractivity contribution in [3.8, 4) is 17.2 Å². The largest absolute Gasteiger partial charge is 0.497 e. The zero-order valence-corrected chi connectivity index (χ0v) is 19.7. The maximum absolute atomic E-state index is 10.7. The third-order valence-electron chi connectivity index (χ3n) is 5.43. The van der Waals surface area contributed by atoms with Gasteiger partial charge in [-0.1, -0.05) is 36.4 Å². The first-order chi connectivity index (χ1) is 16.0. The molecule has 0 aliphatic heterocycles. The second kappa shape index (κ2) is 12.3. The topological polar surface area (TPSA) is 60.4 Å². The second-order valence-electron chi connectivity index (χ2n) is 7.96. The lowest BCUT2D eigenvalue weighted by molar-refractivity contribution is -0.00628. The smallest absolute Gasteiger partial charge is 0.118 e. The fraction of sp³-hybridized carbons (Fsp3) is 0.333. The van der Waals surface area contributed by atoms with Crippen molar-refractivity contribution in [2.75, 3.05) is 41.5 Å². The minimum absolute atomic E-state index is 0.204. The summed E-state index contributed by atoms with van der Waals surface area (Å²) in [5.41, 5.74) is 3.13. The first-order valence-electron chi connectivity index (χ1n) is 10.9. The number of hydrogen-bond acceptors (Lipinski definition) is 6. The average Bonchev–Trinajstić information content (AvgIpc) is 2.85. The van der Waals surface area contributed by atoms with E-state index in [1.165, 1.54) is 0 Å². The molecule has 0 aliphatic carbocycles. The van der Waals surface area contributed by atoms with Gasteiger partial charge in [-0.05, 0) is 60.1 Å². The van der Waals surface area contributed by atoms with Crippen molar-refractivity contribution in [1.29, 1.82) is 0 Å². The van der Waals surface area contributed by atoms with Gasteiger partial charge in [-0.2, -0.15) is 0 Å². The summed E-state index contributed by atoms with van der Waals surface area (Å²) in [6.07, 6.45) is -0.949. The zero-order valence-electron chi connectivity index (χ0n) is 19.7. The van der Waals surface area contributed by atoms with Gasteiger partial charge in [0.2, 0.25) is 0 Å². The van der Waals surface area contributed by atoms with E-state index in [1.807, 2.05) is 79.8 Å². The van der Waals surface area contributed by atoms with Crippen molar-refractivity contribution in [1.82, 2.24) is 4.90 Å². The van der Waals surface area contributed by atoms with E-state index >= 15 is 0 Å². The molecule has 3 aromatic carbocycles. The van der Waals surface area contributed by atoms with E-state index in [9.17, 15) is 5.11 Å². The van der Waals surface area contributed by atoms with Crippen molar-refractivity contribution in [2.24, 2.45) is 0 Å². The van der Waals surface area contributed by atoms with E-state index in [2.05, 4.69) is 4.90 Å². The molecule has 176 valence electrons. The molecular formula is C27H33NO5. The molecule has 0 heterocycles. The van der Waals surface area contributed by atoms with Crippen LogP contribution in [0.4, 0.5) is 0 Å². The standard InChI is InChI=1S/C27H33NO5/c1-28(17-20-5-11-24(30-2)12-6-20)18-23(29)19-33-27(21-7-13-25(31-3)14-8-21)22-9-15-26(32-4)16-10-22/h5-16,23,27,29H,17-19H2,1-4H3. The minimum atomic E-state index is -0.632. The van der Waals surface area contributed by atoms with Crippen LogP contribution < -0.4 is 14.2 Å². The van der Waals surface area contributed by atoms with Crippen LogP contribution >= 0.6 is 0 Å². The normalized spacial score (nSPS) is 12.1. The monoisotopic (exact) mass is 451 g/mol. The Bertz CT molecular complexity index is 910. The molecule has 1 unspecified atom stereocenters. The summed E-state index contributed by atoms with van der Waals surface area (Å²) in [5.74, 6) is 2.40. The molecule has 1 N–H and O–H groups in total. The summed E-state index contributed by atoms with van der Waals surface area (Å²) in [6.45, 7) is 1.42. The summed E-state index contributed by atoms with van der Waals surface area (Å²) < 4.78 is 22.0. The minimum Gasteiger partial charge on any atom is -0.497 e. The molecule has 3 aromatic rings. The lowest BCUT2D eigenvalue weighted by atomic mass is 10.0. The lowest BCUT2D eigenvalue weighted by Gasteiger charge is -2.24. The third-order valence-corrected chi connectivity index (χ3v) is 5.43. The third kappa shape index (κ3) is 7.22. The fourth-order valence-corrected chi connectivity index (χ4v) is 3.67. The van der Waals surface area contributed by atoms with Crippen molar-refractivity contribution in [3.05, 3.63) is 89.5 Å². The Balaban J connectivity index is 1.63. The quantitative estimate of drug-likeness (QED) is 0.443. The number of nitrogens with zero attached hydrogens (tertiary/aromatic N) is 1. The summed E-state index contributed by atoms with van der Waals surface area (Å²) in [4.78, 5) is 2.08. The molecule has 33 heavy (non-hydrogen) atoms. The van der Waals surface area contributed by atoms with E-state index in [-0.39, 0.29) is 12.7 Å². The van der Waals surface area contributed by atoms with Crippen molar-refractivity contribution >= 4 is 0 Å². The van der Waals surface area contributed by atoms with Crippen molar-refractivity contribution < 1.29 is 24.1 Å². The van der Waals surface area contributed by atoms with Gasteiger partial charge in [0.25, 0.3) is 0 Å². The van der Waals surface area contributed by atoms with E-state index in [4.69, 9.17) is 18.9 Å². The van der Waals surface area contributed by atoms with Crippen LogP contribution in [0.5, 0.6) is 17.2 Å². The van der Waals surface area contributed by atoms with Gasteiger partial charge in [0.1, 0.15) is 23.4 Å². The van der Waals surface area contributed by atoms with Crippen LogP contribution in [0.1, 0.15) is 22.8 Å². The van der Waals surface area contributed by atoms with E-state index < -0.39 is 6.10 Å². The van der Waals surface area contributed by atoms with Gasteiger partial charge >= 0.3 is 0 Å². The highest BCUT2D eigenvalue weighted by molar-refractivity contribution is 5.36. The molecule has 3 rings (SSSR count). The van der Waals surface area contributed by atoms with Crippen LogP contribution in [-0.4, -0.2) is 57.6 Å².